The number of hydrazone groups is 1. The van der Waals surface area contributed by atoms with Gasteiger partial charge in [-0.25, -0.2) is 4.83 Å². The number of hydrogen-bond donors (Lipinski definition) is 1. The lowest BCUT2D eigenvalue weighted by atomic mass is 10.1. The third-order valence-corrected chi connectivity index (χ3v) is 3.11. The lowest BCUT2D eigenvalue weighted by Crippen LogP contribution is -2.02. The number of fused-ring (bicyclic) bond motifs is 3. The van der Waals surface area contributed by atoms with E-state index in [-0.39, 0.29) is 0 Å². The predicted octanol–water partition coefficient (Wildman–Crippen LogP) is 2.78. The van der Waals surface area contributed by atoms with Gasteiger partial charge in [-0.2, -0.15) is 5.10 Å². The largest absolute Gasteiger partial charge is 0.247 e. The van der Waals surface area contributed by atoms with Crippen LogP contribution in [0.2, 0.25) is 0 Å². The zero-order chi connectivity index (χ0) is 9.38. The Morgan fingerprint density at radius 2 is 2.00 bits per heavy atom. The van der Waals surface area contributed by atoms with Crippen LogP contribution in [0.5, 0.6) is 0 Å². The lowest BCUT2D eigenvalue weighted by molar-refractivity contribution is 1.10. The van der Waals surface area contributed by atoms with Crippen molar-refractivity contribution < 1.29 is 0 Å². The molecule has 1 aliphatic heterocycles. The van der Waals surface area contributed by atoms with E-state index in [1.54, 1.807) is 11.9 Å². The molecule has 0 saturated heterocycles. The second-order valence-electron chi connectivity index (χ2n) is 3.15. The van der Waals surface area contributed by atoms with Crippen molar-refractivity contribution in [1.82, 2.24) is 4.83 Å². The van der Waals surface area contributed by atoms with Crippen molar-refractivity contribution in [2.45, 2.75) is 4.90 Å². The Kier molecular flexibility index (Phi) is 1.70. The van der Waals surface area contributed by atoms with Crippen LogP contribution in [0.3, 0.4) is 0 Å². The maximum Gasteiger partial charge on any atom is 0.0568 e. The number of nitrogens with zero attached hydrogens (tertiary/aromatic N) is 1. The molecule has 68 valence electrons. The average Bonchev–Trinajstić information content (AvgIpc) is 2.29. The standard InChI is InChI=1S/C11H8N2S/c1-2-4-9-8(3-1)5-6-11-10(9)7-12-13-14-11/h1-7,13H. The van der Waals surface area contributed by atoms with Crippen LogP contribution in [-0.4, -0.2) is 6.21 Å². The van der Waals surface area contributed by atoms with Gasteiger partial charge in [0.05, 0.1) is 6.21 Å². The molecule has 0 atom stereocenters. The van der Waals surface area contributed by atoms with Crippen molar-refractivity contribution in [2.24, 2.45) is 5.10 Å². The van der Waals surface area contributed by atoms with E-state index in [1.165, 1.54) is 21.2 Å². The molecule has 0 fully saturated rings. The molecule has 1 aliphatic rings. The van der Waals surface area contributed by atoms with Crippen molar-refractivity contribution in [3.05, 3.63) is 42.0 Å². The van der Waals surface area contributed by atoms with Gasteiger partial charge >= 0.3 is 0 Å². The lowest BCUT2D eigenvalue weighted by Gasteiger charge is -2.12. The third kappa shape index (κ3) is 1.09. The summed E-state index contributed by atoms with van der Waals surface area (Å²) in [6.07, 6.45) is 1.88. The molecule has 3 heteroatoms. The first-order valence-electron chi connectivity index (χ1n) is 4.42. The molecule has 0 unspecified atom stereocenters. The maximum atomic E-state index is 4.06. The first kappa shape index (κ1) is 7.88. The van der Waals surface area contributed by atoms with E-state index in [0.717, 1.165) is 0 Å². The Morgan fingerprint density at radius 3 is 3.00 bits per heavy atom. The minimum absolute atomic E-state index is 1.21. The quantitative estimate of drug-likeness (QED) is 0.661. The van der Waals surface area contributed by atoms with Crippen LogP contribution in [0.15, 0.2) is 46.4 Å². The van der Waals surface area contributed by atoms with Gasteiger partial charge in [-0.15, -0.1) is 0 Å². The summed E-state index contributed by atoms with van der Waals surface area (Å²) in [4.78, 5) is 4.13. The van der Waals surface area contributed by atoms with Gasteiger partial charge in [-0.1, -0.05) is 30.3 Å². The summed E-state index contributed by atoms with van der Waals surface area (Å²) < 4.78 is 0. The normalized spacial score (nSPS) is 13.7. The molecule has 1 N–H and O–H groups in total. The van der Waals surface area contributed by atoms with Crippen LogP contribution in [0, 0.1) is 0 Å². The van der Waals surface area contributed by atoms with Crippen molar-refractivity contribution in [1.29, 1.82) is 0 Å². The highest BCUT2D eigenvalue weighted by atomic mass is 32.2. The minimum Gasteiger partial charge on any atom is -0.247 e. The van der Waals surface area contributed by atoms with E-state index in [9.17, 15) is 0 Å². The summed E-state index contributed by atoms with van der Waals surface area (Å²) >= 11 is 1.56. The second-order valence-corrected chi connectivity index (χ2v) is 3.98. The zero-order valence-corrected chi connectivity index (χ0v) is 8.21. The molecular weight excluding hydrogens is 192 g/mol. The molecule has 0 aromatic heterocycles. The van der Waals surface area contributed by atoms with Gasteiger partial charge in [-0.05, 0) is 16.8 Å². The number of nitrogens with one attached hydrogen (secondary N) is 1. The molecule has 0 aliphatic carbocycles. The highest BCUT2D eigenvalue weighted by molar-refractivity contribution is 7.97. The number of benzene rings is 2. The fourth-order valence-corrected chi connectivity index (χ4v) is 2.28. The van der Waals surface area contributed by atoms with Crippen molar-refractivity contribution in [3.8, 4) is 0 Å². The highest BCUT2D eigenvalue weighted by Gasteiger charge is 2.08. The topological polar surface area (TPSA) is 24.4 Å². The fourth-order valence-electron chi connectivity index (χ4n) is 1.66. The molecule has 0 radical (unpaired) electrons. The van der Waals surface area contributed by atoms with E-state index >= 15 is 0 Å². The number of rotatable bonds is 0. The summed E-state index contributed by atoms with van der Waals surface area (Å²) in [6.45, 7) is 0. The number of hydrogen-bond acceptors (Lipinski definition) is 3. The Labute approximate surface area is 86.1 Å². The van der Waals surface area contributed by atoms with E-state index < -0.39 is 0 Å². The van der Waals surface area contributed by atoms with Gasteiger partial charge < -0.3 is 0 Å². The van der Waals surface area contributed by atoms with Gasteiger partial charge in [0.15, 0.2) is 0 Å². The molecule has 14 heavy (non-hydrogen) atoms. The van der Waals surface area contributed by atoms with E-state index in [2.05, 4.69) is 46.3 Å². The van der Waals surface area contributed by atoms with Crippen molar-refractivity contribution >= 4 is 28.9 Å². The minimum atomic E-state index is 1.21. The van der Waals surface area contributed by atoms with Gasteiger partial charge in [0.25, 0.3) is 0 Å². The molecule has 0 bridgehead atoms. The Morgan fingerprint density at radius 1 is 1.07 bits per heavy atom. The van der Waals surface area contributed by atoms with Crippen LogP contribution in [-0.2, 0) is 0 Å². The molecule has 1 heterocycles. The van der Waals surface area contributed by atoms with Crippen LogP contribution in [0.25, 0.3) is 10.8 Å². The molecule has 2 aromatic carbocycles. The molecule has 0 spiro atoms. The smallest absolute Gasteiger partial charge is 0.0568 e. The summed E-state index contributed by atoms with van der Waals surface area (Å²) in [7, 11) is 0. The SMILES string of the molecule is C1=NNSc2ccc3ccccc3c21. The first-order chi connectivity index (χ1) is 6.95. The van der Waals surface area contributed by atoms with E-state index in [4.69, 9.17) is 0 Å². The predicted molar refractivity (Wildman–Crippen MR) is 60.5 cm³/mol. The van der Waals surface area contributed by atoms with Crippen LogP contribution in [0.4, 0.5) is 0 Å². The zero-order valence-electron chi connectivity index (χ0n) is 7.40. The summed E-state index contributed by atoms with van der Waals surface area (Å²) in [5.41, 5.74) is 1.21. The summed E-state index contributed by atoms with van der Waals surface area (Å²) in [5, 5.41) is 6.59. The van der Waals surface area contributed by atoms with Crippen molar-refractivity contribution in [3.63, 3.8) is 0 Å². The van der Waals surface area contributed by atoms with Gasteiger partial charge in [-0.3, -0.25) is 0 Å². The maximum absolute atomic E-state index is 4.06. The Hall–Kier alpha value is -1.48. The Balaban J connectivity index is 2.42. The van der Waals surface area contributed by atoms with Crippen LogP contribution >= 0.6 is 11.9 Å². The molecule has 2 aromatic rings. The molecule has 2 nitrogen and oxygen atoms in total. The molecule has 3 rings (SSSR count). The Bertz CT molecular complexity index is 520. The molecule has 0 amide bonds. The highest BCUT2D eigenvalue weighted by Crippen LogP contribution is 2.28. The monoisotopic (exact) mass is 200 g/mol. The average molecular weight is 200 g/mol. The van der Waals surface area contributed by atoms with Crippen LogP contribution < -0.4 is 4.83 Å². The second kappa shape index (κ2) is 3.03. The van der Waals surface area contributed by atoms with Gasteiger partial charge in [0, 0.05) is 22.4 Å². The third-order valence-electron chi connectivity index (χ3n) is 2.33. The van der Waals surface area contributed by atoms with Gasteiger partial charge in [0.2, 0.25) is 0 Å². The molecular formula is C11H8N2S. The fraction of sp³-hybridized carbons (Fsp3) is 0. The molecule has 0 saturated carbocycles. The van der Waals surface area contributed by atoms with Crippen LogP contribution in [0.1, 0.15) is 5.56 Å². The van der Waals surface area contributed by atoms with E-state index in [1.807, 2.05) is 6.21 Å². The van der Waals surface area contributed by atoms with Crippen molar-refractivity contribution in [2.75, 3.05) is 0 Å². The summed E-state index contributed by atoms with van der Waals surface area (Å²) in [5.74, 6) is 0. The first-order valence-corrected chi connectivity index (χ1v) is 5.23. The van der Waals surface area contributed by atoms with E-state index in [0.29, 0.717) is 0 Å². The summed E-state index contributed by atoms with van der Waals surface area (Å²) in [6, 6.07) is 12.6. The van der Waals surface area contributed by atoms with Gasteiger partial charge in [0.1, 0.15) is 0 Å².